The number of thiazole rings is 1. The standard InChI is InChI=1S/C40H49BrN6O9S/c1-8-21-17-40(21,36(51)52)46-34(49)27-15-23(18-47(27)35(50)32(39(4,5)6)44-38(53)56-22-11-9-10-12-22)55-29-16-25(26-19-57-37(43-26)45-33(48)20(2)3)42-31-24(29)13-14-28(54-7)30(31)41/h8,13-14,16,19-23,27,32H,1,9-12,15,17-18H2,2-7H3,(H,44,53)(H,46,49)(H,51,52)(H,43,45,48)/t21?,23-,27+,32?,40-/m1/s1. The minimum atomic E-state index is -1.54. The monoisotopic (exact) mass is 868 g/mol. The lowest BCUT2D eigenvalue weighted by Gasteiger charge is -2.35. The topological polar surface area (TPSA) is 198 Å². The van der Waals surface area contributed by atoms with Crippen LogP contribution >= 0.6 is 27.3 Å². The van der Waals surface area contributed by atoms with Gasteiger partial charge in [0, 0.05) is 35.1 Å². The number of carboxylic acids is 1. The Morgan fingerprint density at radius 2 is 1.81 bits per heavy atom. The number of amides is 4. The molecule has 3 fully saturated rings. The van der Waals surface area contributed by atoms with Crippen molar-refractivity contribution in [3.05, 3.63) is 40.7 Å². The molecule has 4 N–H and O–H groups in total. The van der Waals surface area contributed by atoms with Crippen molar-refractivity contribution in [3.63, 3.8) is 0 Å². The molecule has 3 heterocycles. The third-order valence-corrected chi connectivity index (χ3v) is 12.2. The highest BCUT2D eigenvalue weighted by Crippen LogP contribution is 2.45. The lowest BCUT2D eigenvalue weighted by molar-refractivity contribution is -0.146. The van der Waals surface area contributed by atoms with Crippen molar-refractivity contribution in [1.29, 1.82) is 0 Å². The molecule has 0 radical (unpaired) electrons. The molecule has 5 atom stereocenters. The van der Waals surface area contributed by atoms with Gasteiger partial charge < -0.3 is 40.2 Å². The van der Waals surface area contributed by atoms with Gasteiger partial charge in [0.15, 0.2) is 5.13 Å². The fraction of sp³-hybridized carbons (Fsp3) is 0.525. The quantitative estimate of drug-likeness (QED) is 0.141. The van der Waals surface area contributed by atoms with E-state index in [1.54, 1.807) is 58.2 Å². The Morgan fingerprint density at radius 3 is 2.42 bits per heavy atom. The first-order valence-corrected chi connectivity index (χ1v) is 20.7. The molecule has 15 nitrogen and oxygen atoms in total. The predicted octanol–water partition coefficient (Wildman–Crippen LogP) is 6.30. The van der Waals surface area contributed by atoms with Gasteiger partial charge in [-0.2, -0.15) is 0 Å². The summed E-state index contributed by atoms with van der Waals surface area (Å²) in [6.45, 7) is 12.6. The number of fused-ring (bicyclic) bond motifs is 1. The third-order valence-electron chi connectivity index (χ3n) is 10.7. The summed E-state index contributed by atoms with van der Waals surface area (Å²) in [5.74, 6) is -2.40. The summed E-state index contributed by atoms with van der Waals surface area (Å²) < 4.78 is 18.5. The van der Waals surface area contributed by atoms with Gasteiger partial charge in [-0.3, -0.25) is 14.4 Å². The number of halogens is 1. The van der Waals surface area contributed by atoms with Gasteiger partial charge in [0.2, 0.25) is 17.7 Å². The van der Waals surface area contributed by atoms with Crippen LogP contribution in [0.2, 0.25) is 0 Å². The largest absolute Gasteiger partial charge is 0.495 e. The number of hydrogen-bond donors (Lipinski definition) is 4. The number of aromatic nitrogens is 2. The summed E-state index contributed by atoms with van der Waals surface area (Å²) in [7, 11) is 1.54. The molecule has 4 amide bonds. The van der Waals surface area contributed by atoms with E-state index in [0.29, 0.717) is 43.4 Å². The summed E-state index contributed by atoms with van der Waals surface area (Å²) in [6.07, 6.45) is 3.37. The first-order valence-electron chi connectivity index (χ1n) is 19.0. The van der Waals surface area contributed by atoms with Crippen molar-refractivity contribution in [2.75, 3.05) is 19.0 Å². The van der Waals surface area contributed by atoms with E-state index in [-0.39, 0.29) is 37.3 Å². The molecule has 2 aromatic heterocycles. The maximum atomic E-state index is 14.6. The van der Waals surface area contributed by atoms with Crippen molar-refractivity contribution in [3.8, 4) is 22.9 Å². The first-order chi connectivity index (χ1) is 26.9. The zero-order valence-corrected chi connectivity index (χ0v) is 35.3. The molecule has 2 unspecified atom stereocenters. The Kier molecular flexibility index (Phi) is 12.2. The number of aliphatic carboxylic acids is 1. The van der Waals surface area contributed by atoms with E-state index in [4.69, 9.17) is 19.2 Å². The number of pyridine rings is 1. The van der Waals surface area contributed by atoms with Crippen LogP contribution in [0.3, 0.4) is 0 Å². The normalized spacial score (nSPS) is 22.5. The van der Waals surface area contributed by atoms with Crippen molar-refractivity contribution in [1.82, 2.24) is 25.5 Å². The van der Waals surface area contributed by atoms with Gasteiger partial charge in [-0.15, -0.1) is 17.9 Å². The van der Waals surface area contributed by atoms with Gasteiger partial charge in [-0.1, -0.05) is 40.7 Å². The molecule has 2 saturated carbocycles. The highest BCUT2D eigenvalue weighted by Gasteiger charge is 2.61. The number of likely N-dealkylation sites (tertiary alicyclic amines) is 1. The number of alkyl carbamates (subject to hydrolysis) is 1. The lowest BCUT2D eigenvalue weighted by Crippen LogP contribution is -2.59. The van der Waals surface area contributed by atoms with Gasteiger partial charge in [0.25, 0.3) is 0 Å². The summed E-state index contributed by atoms with van der Waals surface area (Å²) >= 11 is 4.87. The Bertz CT molecular complexity index is 2080. The van der Waals surface area contributed by atoms with Crippen LogP contribution in [0.4, 0.5) is 9.93 Å². The van der Waals surface area contributed by atoms with E-state index >= 15 is 0 Å². The highest BCUT2D eigenvalue weighted by molar-refractivity contribution is 9.10. The van der Waals surface area contributed by atoms with Crippen LogP contribution in [0.5, 0.6) is 11.5 Å². The van der Waals surface area contributed by atoms with Crippen molar-refractivity contribution < 1.29 is 43.3 Å². The molecule has 2 aliphatic carbocycles. The van der Waals surface area contributed by atoms with Crippen molar-refractivity contribution >= 4 is 73.1 Å². The van der Waals surface area contributed by atoms with E-state index in [9.17, 15) is 29.1 Å². The zero-order valence-electron chi connectivity index (χ0n) is 32.8. The van der Waals surface area contributed by atoms with Crippen LogP contribution in [-0.4, -0.2) is 93.2 Å². The van der Waals surface area contributed by atoms with E-state index in [2.05, 4.69) is 43.4 Å². The number of ether oxygens (including phenoxy) is 3. The summed E-state index contributed by atoms with van der Waals surface area (Å²) in [6, 6.07) is 3.01. The maximum absolute atomic E-state index is 14.6. The van der Waals surface area contributed by atoms with Crippen LogP contribution in [0, 0.1) is 17.3 Å². The molecule has 3 aromatic rings. The zero-order chi connectivity index (χ0) is 41.4. The molecule has 1 aromatic carbocycles. The summed E-state index contributed by atoms with van der Waals surface area (Å²) in [4.78, 5) is 77.5. The first kappa shape index (κ1) is 41.9. The van der Waals surface area contributed by atoms with Crippen LogP contribution in [-0.2, 0) is 23.9 Å². The summed E-state index contributed by atoms with van der Waals surface area (Å²) in [5.41, 5.74) is -0.945. The van der Waals surface area contributed by atoms with E-state index in [1.807, 2.05) is 0 Å². The average Bonchev–Trinajstić information content (AvgIpc) is 3.57. The van der Waals surface area contributed by atoms with Crippen LogP contribution in [0.1, 0.15) is 73.1 Å². The highest BCUT2D eigenvalue weighted by atomic mass is 79.9. The molecule has 306 valence electrons. The Balaban J connectivity index is 1.34. The summed E-state index contributed by atoms with van der Waals surface area (Å²) in [5, 5.41) is 21.2. The molecule has 3 aliphatic rings. The molecule has 1 aliphatic heterocycles. The predicted molar refractivity (Wildman–Crippen MR) is 217 cm³/mol. The number of carbonyl (C=O) groups is 5. The molecule has 1 saturated heterocycles. The second-order valence-corrected chi connectivity index (χ2v) is 17.9. The molecular formula is C40H49BrN6O9S. The third kappa shape index (κ3) is 8.88. The fourth-order valence-corrected chi connectivity index (χ4v) is 8.59. The molecule has 0 bridgehead atoms. The average molecular weight is 870 g/mol. The Labute approximate surface area is 343 Å². The Morgan fingerprint density at radius 1 is 1.09 bits per heavy atom. The van der Waals surface area contributed by atoms with Gasteiger partial charge in [-0.05, 0) is 65.6 Å². The van der Waals surface area contributed by atoms with Crippen molar-refractivity contribution in [2.24, 2.45) is 17.3 Å². The van der Waals surface area contributed by atoms with Crippen LogP contribution in [0.25, 0.3) is 22.3 Å². The van der Waals surface area contributed by atoms with Gasteiger partial charge in [-0.25, -0.2) is 19.6 Å². The molecule has 17 heteroatoms. The van der Waals surface area contributed by atoms with Crippen molar-refractivity contribution in [2.45, 2.75) is 103 Å². The number of rotatable bonds is 13. The molecule has 6 rings (SSSR count). The smallest absolute Gasteiger partial charge is 0.408 e. The maximum Gasteiger partial charge on any atom is 0.408 e. The van der Waals surface area contributed by atoms with E-state index in [0.717, 1.165) is 25.7 Å². The minimum Gasteiger partial charge on any atom is -0.495 e. The molecular weight excluding hydrogens is 820 g/mol. The minimum absolute atomic E-state index is 0.00791. The van der Waals surface area contributed by atoms with E-state index in [1.165, 1.54) is 29.4 Å². The van der Waals surface area contributed by atoms with Gasteiger partial charge >= 0.3 is 12.1 Å². The number of nitrogens with one attached hydrogen (secondary N) is 3. The molecule has 57 heavy (non-hydrogen) atoms. The SMILES string of the molecule is C=CC1C[C@]1(NC(=O)[C@@H]1C[C@@H](Oc2cc(-c3csc(NC(=O)C(C)C)n3)nc3c(Br)c(OC)ccc23)CN1C(=O)C(NC(=O)OC1CCCC1)C(C)(C)C)C(=O)O. The number of hydrogen-bond acceptors (Lipinski definition) is 11. The number of benzene rings is 1. The number of carbonyl (C=O) groups excluding carboxylic acids is 4. The number of nitrogens with zero attached hydrogens (tertiary/aromatic N) is 3. The Hall–Kier alpha value is -4.77. The number of anilines is 1. The fourth-order valence-electron chi connectivity index (χ4n) is 7.29. The van der Waals surface area contributed by atoms with Crippen LogP contribution in [0.15, 0.2) is 40.7 Å². The second kappa shape index (κ2) is 16.6. The lowest BCUT2D eigenvalue weighted by atomic mass is 9.85. The number of carboxylic acid groups (broad SMARTS) is 1. The second-order valence-electron chi connectivity index (χ2n) is 16.2. The molecule has 0 spiro atoms. The van der Waals surface area contributed by atoms with Crippen LogP contribution < -0.4 is 25.4 Å². The number of methoxy groups -OCH3 is 1. The van der Waals surface area contributed by atoms with Gasteiger partial charge in [0.05, 0.1) is 29.3 Å². The van der Waals surface area contributed by atoms with Gasteiger partial charge in [0.1, 0.15) is 47.0 Å². The van der Waals surface area contributed by atoms with E-state index < -0.39 is 58.9 Å².